The van der Waals surface area contributed by atoms with Gasteiger partial charge in [-0.15, -0.1) is 0 Å². The highest BCUT2D eigenvalue weighted by Gasteiger charge is 2.01. The van der Waals surface area contributed by atoms with Crippen molar-refractivity contribution in [1.29, 1.82) is 0 Å². The molecule has 1 nitrogen and oxygen atoms in total. The van der Waals surface area contributed by atoms with Crippen LogP contribution in [0, 0.1) is 0 Å². The predicted molar refractivity (Wildman–Crippen MR) is 64.1 cm³/mol. The highest BCUT2D eigenvalue weighted by molar-refractivity contribution is 9.16. The Hall–Kier alpha value is -0.540. The molecule has 1 aromatic carbocycles. The first kappa shape index (κ1) is 9.03. The van der Waals surface area contributed by atoms with Gasteiger partial charge in [-0.1, -0.05) is 34.1 Å². The molecule has 0 aliphatic carbocycles. The lowest BCUT2D eigenvalue weighted by atomic mass is 10.2. The van der Waals surface area contributed by atoms with Gasteiger partial charge < -0.3 is 4.98 Å². The summed E-state index contributed by atoms with van der Waals surface area (Å²) in [5.74, 6) is 0. The Morgan fingerprint density at radius 1 is 1.31 bits per heavy atom. The first-order chi connectivity index (χ1) is 6.31. The Labute approximate surface area is 93.1 Å². The van der Waals surface area contributed by atoms with Crippen LogP contribution in [0.4, 0.5) is 0 Å². The highest BCUT2D eigenvalue weighted by Crippen LogP contribution is 2.25. The quantitative estimate of drug-likeness (QED) is 0.810. The third kappa shape index (κ3) is 1.71. The second-order valence-corrected chi connectivity index (χ2v) is 4.04. The van der Waals surface area contributed by atoms with Crippen LogP contribution in [0.2, 0.25) is 0 Å². The molecule has 0 unspecified atom stereocenters. The predicted octanol–water partition coefficient (Wildman–Crippen LogP) is 4.26. The zero-order chi connectivity index (χ0) is 9.26. The molecule has 2 aromatic rings. The first-order valence-electron chi connectivity index (χ1n) is 3.85. The molecule has 0 amide bonds. The molecular formula is C10H7Br2N. The molecule has 1 heterocycles. The molecular weight excluding hydrogens is 294 g/mol. The molecule has 3 heteroatoms. The van der Waals surface area contributed by atoms with Crippen molar-refractivity contribution in [2.24, 2.45) is 0 Å². The van der Waals surface area contributed by atoms with Crippen LogP contribution in [-0.4, -0.2) is 4.98 Å². The number of halogens is 2. The van der Waals surface area contributed by atoms with Crippen molar-refractivity contribution < 1.29 is 0 Å². The van der Waals surface area contributed by atoms with Crippen molar-refractivity contribution in [3.8, 4) is 0 Å². The maximum atomic E-state index is 3.45. The van der Waals surface area contributed by atoms with E-state index in [1.165, 1.54) is 5.39 Å². The summed E-state index contributed by atoms with van der Waals surface area (Å²) in [6.45, 7) is 0. The topological polar surface area (TPSA) is 15.8 Å². The first-order valence-corrected chi connectivity index (χ1v) is 5.56. The van der Waals surface area contributed by atoms with Crippen molar-refractivity contribution in [2.75, 3.05) is 0 Å². The zero-order valence-corrected chi connectivity index (χ0v) is 9.89. The molecule has 0 spiro atoms. The lowest BCUT2D eigenvalue weighted by molar-refractivity contribution is 1.43. The van der Waals surface area contributed by atoms with Gasteiger partial charge >= 0.3 is 0 Å². The minimum atomic E-state index is 1.02. The van der Waals surface area contributed by atoms with E-state index in [0.29, 0.717) is 0 Å². The van der Waals surface area contributed by atoms with Crippen LogP contribution in [0.15, 0.2) is 35.3 Å². The van der Waals surface area contributed by atoms with E-state index in [2.05, 4.69) is 55.0 Å². The van der Waals surface area contributed by atoms with Crippen molar-refractivity contribution >= 4 is 47.2 Å². The number of aromatic nitrogens is 1. The molecule has 0 saturated heterocycles. The third-order valence-corrected chi connectivity index (χ3v) is 3.61. The summed E-state index contributed by atoms with van der Waals surface area (Å²) in [6, 6.07) is 10.3. The van der Waals surface area contributed by atoms with Crippen LogP contribution in [0.3, 0.4) is 0 Å². The van der Waals surface area contributed by atoms with E-state index < -0.39 is 0 Å². The molecule has 0 saturated carbocycles. The normalized spacial score (nSPS) is 12.3. The van der Waals surface area contributed by atoms with E-state index in [4.69, 9.17) is 0 Å². The number of benzene rings is 1. The standard InChI is InChI=1S/C10H7Br2N/c11-6-8(12)10-5-7-3-1-2-4-9(7)13-10/h1-6,13H/b8-6-. The van der Waals surface area contributed by atoms with E-state index in [1.807, 2.05) is 17.1 Å². The number of H-pyrrole nitrogens is 1. The van der Waals surface area contributed by atoms with E-state index in [0.717, 1.165) is 15.7 Å². The molecule has 13 heavy (non-hydrogen) atoms. The van der Waals surface area contributed by atoms with Gasteiger partial charge in [0.1, 0.15) is 0 Å². The summed E-state index contributed by atoms with van der Waals surface area (Å²) in [4.78, 5) is 5.15. The Morgan fingerprint density at radius 3 is 2.77 bits per heavy atom. The van der Waals surface area contributed by atoms with Crippen LogP contribution in [0.5, 0.6) is 0 Å². The lowest BCUT2D eigenvalue weighted by Gasteiger charge is -1.89. The smallest absolute Gasteiger partial charge is 0.0540 e. The maximum absolute atomic E-state index is 3.45. The monoisotopic (exact) mass is 299 g/mol. The Morgan fingerprint density at radius 2 is 2.08 bits per heavy atom. The Kier molecular flexibility index (Phi) is 2.56. The molecule has 1 N–H and O–H groups in total. The SMILES string of the molecule is Br/C=C(\Br)c1cc2ccccc2[nH]1. The molecule has 0 atom stereocenters. The Bertz CT molecular complexity index is 424. The van der Waals surface area contributed by atoms with Gasteiger partial charge in [0.2, 0.25) is 0 Å². The highest BCUT2D eigenvalue weighted by atomic mass is 79.9. The molecule has 2 rings (SSSR count). The number of nitrogens with one attached hydrogen (secondary N) is 1. The second-order valence-electron chi connectivity index (χ2n) is 2.73. The fraction of sp³-hybridized carbons (Fsp3) is 0. The van der Waals surface area contributed by atoms with Gasteiger partial charge in [0.05, 0.1) is 5.69 Å². The van der Waals surface area contributed by atoms with Gasteiger partial charge in [0.25, 0.3) is 0 Å². The molecule has 1 aromatic heterocycles. The zero-order valence-electron chi connectivity index (χ0n) is 6.72. The van der Waals surface area contributed by atoms with Crippen LogP contribution in [0.25, 0.3) is 15.4 Å². The van der Waals surface area contributed by atoms with Gasteiger partial charge in [0.15, 0.2) is 0 Å². The number of fused-ring (bicyclic) bond motifs is 1. The van der Waals surface area contributed by atoms with Crippen molar-refractivity contribution in [3.63, 3.8) is 0 Å². The molecule has 0 aliphatic rings. The van der Waals surface area contributed by atoms with Gasteiger partial charge in [-0.3, -0.25) is 0 Å². The molecule has 66 valence electrons. The summed E-state index contributed by atoms with van der Waals surface area (Å²) in [7, 11) is 0. The second kappa shape index (κ2) is 3.68. The fourth-order valence-corrected chi connectivity index (χ4v) is 1.72. The van der Waals surface area contributed by atoms with Crippen molar-refractivity contribution in [3.05, 3.63) is 41.0 Å². The third-order valence-electron chi connectivity index (χ3n) is 1.88. The number of aromatic amines is 1. The summed E-state index contributed by atoms with van der Waals surface area (Å²) in [5.41, 5.74) is 2.24. The van der Waals surface area contributed by atoms with E-state index >= 15 is 0 Å². The van der Waals surface area contributed by atoms with E-state index in [9.17, 15) is 0 Å². The van der Waals surface area contributed by atoms with Gasteiger partial charge in [-0.2, -0.15) is 0 Å². The van der Waals surface area contributed by atoms with Crippen LogP contribution >= 0.6 is 31.9 Å². The van der Waals surface area contributed by atoms with Gasteiger partial charge in [-0.05, 0) is 33.0 Å². The average molecular weight is 301 g/mol. The fourth-order valence-electron chi connectivity index (χ4n) is 1.26. The van der Waals surface area contributed by atoms with Gasteiger partial charge in [-0.25, -0.2) is 0 Å². The van der Waals surface area contributed by atoms with E-state index in [-0.39, 0.29) is 0 Å². The lowest BCUT2D eigenvalue weighted by Crippen LogP contribution is -1.72. The van der Waals surface area contributed by atoms with Crippen molar-refractivity contribution in [1.82, 2.24) is 4.98 Å². The summed E-state index contributed by atoms with van der Waals surface area (Å²) < 4.78 is 1.02. The number of hydrogen-bond acceptors (Lipinski definition) is 0. The molecule has 0 radical (unpaired) electrons. The minimum absolute atomic E-state index is 1.02. The largest absolute Gasteiger partial charge is 0.354 e. The van der Waals surface area contributed by atoms with Crippen molar-refractivity contribution in [2.45, 2.75) is 0 Å². The average Bonchev–Trinajstić information content (AvgIpc) is 2.59. The molecule has 0 bridgehead atoms. The summed E-state index contributed by atoms with van der Waals surface area (Å²) in [6.07, 6.45) is 0. The van der Waals surface area contributed by atoms with Crippen LogP contribution in [0.1, 0.15) is 5.69 Å². The number of para-hydroxylation sites is 1. The Balaban J connectivity index is 2.62. The summed E-state index contributed by atoms with van der Waals surface area (Å²) >= 11 is 6.73. The van der Waals surface area contributed by atoms with Crippen LogP contribution in [-0.2, 0) is 0 Å². The number of rotatable bonds is 1. The maximum Gasteiger partial charge on any atom is 0.0540 e. The molecule has 0 fully saturated rings. The van der Waals surface area contributed by atoms with Gasteiger partial charge in [0, 0.05) is 15.4 Å². The van der Waals surface area contributed by atoms with E-state index in [1.54, 1.807) is 0 Å². The summed E-state index contributed by atoms with van der Waals surface area (Å²) in [5, 5.41) is 1.23. The van der Waals surface area contributed by atoms with Crippen LogP contribution < -0.4 is 0 Å². The number of hydrogen-bond donors (Lipinski definition) is 1. The molecule has 0 aliphatic heterocycles. The minimum Gasteiger partial charge on any atom is -0.354 e.